The quantitative estimate of drug-likeness (QED) is 0.774. The van der Waals surface area contributed by atoms with Crippen LogP contribution in [0.15, 0.2) is 30.3 Å². The normalized spacial score (nSPS) is 11.9. The smallest absolute Gasteiger partial charge is 0.227 e. The zero-order valence-corrected chi connectivity index (χ0v) is 11.3. The van der Waals surface area contributed by atoms with Gasteiger partial charge in [-0.3, -0.25) is 4.79 Å². The highest BCUT2D eigenvalue weighted by Crippen LogP contribution is 2.17. The van der Waals surface area contributed by atoms with E-state index in [1.165, 1.54) is 0 Å². The second-order valence-corrected chi connectivity index (χ2v) is 4.69. The Labute approximate surface area is 109 Å². The molecule has 0 saturated heterocycles. The Morgan fingerprint density at radius 2 is 1.78 bits per heavy atom. The number of ketones is 1. The van der Waals surface area contributed by atoms with Gasteiger partial charge in [-0.2, -0.15) is 0 Å². The number of carbonyl (C=O) groups is 2. The maximum absolute atomic E-state index is 12.2. The Hall–Kier alpha value is -1.64. The molecule has 3 nitrogen and oxygen atoms in total. The zero-order valence-electron chi connectivity index (χ0n) is 11.3. The van der Waals surface area contributed by atoms with Crippen LogP contribution >= 0.6 is 0 Å². The SMILES string of the molecule is CCN(C(=O)CC(C)CC(C)=O)c1ccccc1. The molecular formula is C15H21NO2. The van der Waals surface area contributed by atoms with Crippen molar-refractivity contribution in [1.82, 2.24) is 0 Å². The molecule has 0 aliphatic carbocycles. The monoisotopic (exact) mass is 247 g/mol. The average molecular weight is 247 g/mol. The van der Waals surface area contributed by atoms with Crippen molar-refractivity contribution in [3.63, 3.8) is 0 Å². The molecule has 1 unspecified atom stereocenters. The molecule has 1 atom stereocenters. The zero-order chi connectivity index (χ0) is 13.5. The number of nitrogens with zero attached hydrogens (tertiary/aromatic N) is 1. The number of hydrogen-bond acceptors (Lipinski definition) is 2. The van der Waals surface area contributed by atoms with E-state index in [2.05, 4.69) is 0 Å². The fourth-order valence-corrected chi connectivity index (χ4v) is 2.08. The molecule has 0 saturated carbocycles. The summed E-state index contributed by atoms with van der Waals surface area (Å²) >= 11 is 0. The molecule has 0 spiro atoms. The number of benzene rings is 1. The molecule has 3 heteroatoms. The Bertz CT molecular complexity index is 400. The van der Waals surface area contributed by atoms with E-state index in [0.717, 1.165) is 5.69 Å². The third kappa shape index (κ3) is 4.32. The van der Waals surface area contributed by atoms with Crippen LogP contribution in [0.2, 0.25) is 0 Å². The highest BCUT2D eigenvalue weighted by atomic mass is 16.2. The molecule has 0 radical (unpaired) electrons. The standard InChI is InChI=1S/C15H21NO2/c1-4-16(14-8-6-5-7-9-14)15(18)11-12(2)10-13(3)17/h5-9,12H,4,10-11H2,1-3H3. The lowest BCUT2D eigenvalue weighted by molar-refractivity contribution is -0.120. The van der Waals surface area contributed by atoms with E-state index in [0.29, 0.717) is 19.4 Å². The third-order valence-electron chi connectivity index (χ3n) is 2.84. The van der Waals surface area contributed by atoms with Crippen molar-refractivity contribution in [2.75, 3.05) is 11.4 Å². The van der Waals surface area contributed by atoms with Gasteiger partial charge in [0.1, 0.15) is 5.78 Å². The summed E-state index contributed by atoms with van der Waals surface area (Å²) in [6, 6.07) is 9.63. The number of amides is 1. The molecule has 0 aromatic heterocycles. The highest BCUT2D eigenvalue weighted by Gasteiger charge is 2.17. The van der Waals surface area contributed by atoms with E-state index in [1.54, 1.807) is 11.8 Å². The van der Waals surface area contributed by atoms with E-state index in [1.807, 2.05) is 44.2 Å². The highest BCUT2D eigenvalue weighted by molar-refractivity contribution is 5.93. The first kappa shape index (κ1) is 14.4. The summed E-state index contributed by atoms with van der Waals surface area (Å²) in [7, 11) is 0. The summed E-state index contributed by atoms with van der Waals surface area (Å²) in [6.45, 7) is 6.12. The Balaban J connectivity index is 2.66. The van der Waals surface area contributed by atoms with Crippen LogP contribution in [0.1, 0.15) is 33.6 Å². The maximum Gasteiger partial charge on any atom is 0.227 e. The van der Waals surface area contributed by atoms with Gasteiger partial charge >= 0.3 is 0 Å². The minimum atomic E-state index is 0.0810. The van der Waals surface area contributed by atoms with Gasteiger partial charge in [-0.05, 0) is 31.9 Å². The third-order valence-corrected chi connectivity index (χ3v) is 2.84. The van der Waals surface area contributed by atoms with E-state index >= 15 is 0 Å². The molecule has 1 aromatic rings. The lowest BCUT2D eigenvalue weighted by Gasteiger charge is -2.22. The van der Waals surface area contributed by atoms with Gasteiger partial charge in [-0.15, -0.1) is 0 Å². The first-order valence-corrected chi connectivity index (χ1v) is 6.39. The molecular weight excluding hydrogens is 226 g/mol. The summed E-state index contributed by atoms with van der Waals surface area (Å²) in [5, 5.41) is 0. The Morgan fingerprint density at radius 1 is 1.17 bits per heavy atom. The van der Waals surface area contributed by atoms with Gasteiger partial charge in [0.2, 0.25) is 5.91 Å². The number of rotatable bonds is 6. The van der Waals surface area contributed by atoms with Crippen LogP contribution in [0.5, 0.6) is 0 Å². The number of anilines is 1. The summed E-state index contributed by atoms with van der Waals surface area (Å²) in [5.41, 5.74) is 0.917. The van der Waals surface area contributed by atoms with Gasteiger partial charge in [-0.1, -0.05) is 25.1 Å². The molecule has 0 aliphatic heterocycles. The maximum atomic E-state index is 12.2. The van der Waals surface area contributed by atoms with Crippen molar-refractivity contribution < 1.29 is 9.59 Å². The van der Waals surface area contributed by atoms with Gasteiger partial charge in [0, 0.05) is 25.1 Å². The average Bonchev–Trinajstić information content (AvgIpc) is 2.29. The lowest BCUT2D eigenvalue weighted by atomic mass is 10.0. The van der Waals surface area contributed by atoms with Crippen LogP contribution in [0.3, 0.4) is 0 Å². The molecule has 0 bridgehead atoms. The lowest BCUT2D eigenvalue weighted by Crippen LogP contribution is -2.31. The number of para-hydroxylation sites is 1. The molecule has 98 valence electrons. The van der Waals surface area contributed by atoms with Crippen LogP contribution in [0.25, 0.3) is 0 Å². The summed E-state index contributed by atoms with van der Waals surface area (Å²) < 4.78 is 0. The van der Waals surface area contributed by atoms with E-state index in [-0.39, 0.29) is 17.6 Å². The van der Waals surface area contributed by atoms with Crippen molar-refractivity contribution in [3.05, 3.63) is 30.3 Å². The van der Waals surface area contributed by atoms with E-state index in [9.17, 15) is 9.59 Å². The summed E-state index contributed by atoms with van der Waals surface area (Å²) in [4.78, 5) is 25.0. The van der Waals surface area contributed by atoms with Crippen molar-refractivity contribution in [3.8, 4) is 0 Å². The predicted octanol–water partition coefficient (Wildman–Crippen LogP) is 3.04. The molecule has 1 rings (SSSR count). The largest absolute Gasteiger partial charge is 0.313 e. The van der Waals surface area contributed by atoms with Crippen LogP contribution in [0, 0.1) is 5.92 Å². The minimum absolute atomic E-state index is 0.0810. The second-order valence-electron chi connectivity index (χ2n) is 4.69. The Morgan fingerprint density at radius 3 is 2.28 bits per heavy atom. The second kappa shape index (κ2) is 6.94. The fourth-order valence-electron chi connectivity index (χ4n) is 2.08. The van der Waals surface area contributed by atoms with Crippen molar-refractivity contribution >= 4 is 17.4 Å². The molecule has 0 fully saturated rings. The topological polar surface area (TPSA) is 37.4 Å². The molecule has 0 heterocycles. The van der Waals surface area contributed by atoms with Gasteiger partial charge < -0.3 is 9.69 Å². The predicted molar refractivity (Wildman–Crippen MR) is 73.5 cm³/mol. The summed E-state index contributed by atoms with van der Waals surface area (Å²) in [6.07, 6.45) is 0.889. The number of hydrogen-bond donors (Lipinski definition) is 0. The van der Waals surface area contributed by atoms with E-state index in [4.69, 9.17) is 0 Å². The Kier molecular flexibility index (Phi) is 5.56. The molecule has 1 aromatic carbocycles. The molecule has 18 heavy (non-hydrogen) atoms. The minimum Gasteiger partial charge on any atom is -0.313 e. The van der Waals surface area contributed by atoms with Crippen molar-refractivity contribution in [1.29, 1.82) is 0 Å². The summed E-state index contributed by atoms with van der Waals surface area (Å²) in [5.74, 6) is 0.322. The van der Waals surface area contributed by atoms with Crippen LogP contribution in [-0.2, 0) is 9.59 Å². The van der Waals surface area contributed by atoms with Crippen LogP contribution in [-0.4, -0.2) is 18.2 Å². The fraction of sp³-hybridized carbons (Fsp3) is 0.467. The van der Waals surface area contributed by atoms with Gasteiger partial charge in [0.05, 0.1) is 0 Å². The molecule has 0 aliphatic rings. The molecule has 0 N–H and O–H groups in total. The van der Waals surface area contributed by atoms with Crippen LogP contribution in [0.4, 0.5) is 5.69 Å². The van der Waals surface area contributed by atoms with Gasteiger partial charge in [0.15, 0.2) is 0 Å². The van der Waals surface area contributed by atoms with Gasteiger partial charge in [-0.25, -0.2) is 0 Å². The van der Waals surface area contributed by atoms with Gasteiger partial charge in [0.25, 0.3) is 0 Å². The van der Waals surface area contributed by atoms with E-state index < -0.39 is 0 Å². The first-order valence-electron chi connectivity index (χ1n) is 6.39. The first-order chi connectivity index (χ1) is 8.54. The van der Waals surface area contributed by atoms with Crippen molar-refractivity contribution in [2.24, 2.45) is 5.92 Å². The molecule has 1 amide bonds. The van der Waals surface area contributed by atoms with Crippen molar-refractivity contribution in [2.45, 2.75) is 33.6 Å². The number of Topliss-reactive ketones (excluding diaryl/α,β-unsaturated/α-hetero) is 1. The van der Waals surface area contributed by atoms with Crippen LogP contribution < -0.4 is 4.90 Å². The number of carbonyl (C=O) groups excluding carboxylic acids is 2.